The Bertz CT molecular complexity index is 1930. The Morgan fingerprint density at radius 1 is 0.617 bits per heavy atom. The highest BCUT2D eigenvalue weighted by Gasteiger charge is 2.31. The van der Waals surface area contributed by atoms with Gasteiger partial charge in [-0.15, -0.1) is 26.3 Å². The first-order chi connectivity index (χ1) is 22.3. The number of aromatic nitrogens is 2. The molecule has 0 saturated carbocycles. The Morgan fingerprint density at radius 3 is 1.45 bits per heavy atom. The topological polar surface area (TPSA) is 79.8 Å². The van der Waals surface area contributed by atoms with Crippen molar-refractivity contribution in [3.8, 4) is 33.4 Å². The molecule has 6 rings (SSSR count). The summed E-state index contributed by atoms with van der Waals surface area (Å²) >= 11 is 5.95. The van der Waals surface area contributed by atoms with Gasteiger partial charge in [-0.3, -0.25) is 4.79 Å². The molecule has 0 amide bonds. The minimum Gasteiger partial charge on any atom is -0.431 e. The zero-order chi connectivity index (χ0) is 34.2. The van der Waals surface area contributed by atoms with Gasteiger partial charge >= 0.3 is 12.7 Å². The van der Waals surface area contributed by atoms with Gasteiger partial charge in [0, 0.05) is 10.0 Å². The fourth-order valence-electron chi connectivity index (χ4n) is 3.58. The minimum atomic E-state index is -4.73. The molecule has 0 aliphatic rings. The van der Waals surface area contributed by atoms with Gasteiger partial charge < -0.3 is 18.9 Å². The fraction of sp³-hybridized carbons (Fsp3) is 0.129. The number of hydrogen-bond donors (Lipinski definition) is 0. The van der Waals surface area contributed by atoms with Crippen molar-refractivity contribution in [2.24, 2.45) is 0 Å². The molecule has 0 spiro atoms. The summed E-state index contributed by atoms with van der Waals surface area (Å²) in [5.41, 5.74) is 1.99. The predicted molar refractivity (Wildman–Crippen MR) is 170 cm³/mol. The van der Waals surface area contributed by atoms with Gasteiger partial charge in [0.2, 0.25) is 0 Å². The summed E-state index contributed by atoms with van der Waals surface area (Å²) in [6, 6.07) is 20.8. The molecule has 0 N–H and O–H groups in total. The first-order valence-electron chi connectivity index (χ1n) is 13.3. The number of thiazole rings is 2. The Balaban J connectivity index is 0.000000202. The van der Waals surface area contributed by atoms with Crippen LogP contribution in [0.1, 0.15) is 24.2 Å². The molecule has 2 heterocycles. The molecule has 16 heteroatoms. The third-order valence-electron chi connectivity index (χ3n) is 5.38. The Labute approximate surface area is 279 Å². The summed E-state index contributed by atoms with van der Waals surface area (Å²) in [6.45, 7) is 4.00. The third kappa shape index (κ3) is 10.8. The number of alkyl halides is 6. The van der Waals surface area contributed by atoms with Gasteiger partial charge in [-0.2, -0.15) is 0 Å². The fourth-order valence-corrected chi connectivity index (χ4v) is 5.85. The number of aldehydes is 1. The van der Waals surface area contributed by atoms with E-state index in [0.717, 1.165) is 37.8 Å². The van der Waals surface area contributed by atoms with E-state index in [9.17, 15) is 31.1 Å². The number of carbonyl (C=O) groups is 1. The van der Waals surface area contributed by atoms with Crippen molar-refractivity contribution in [2.75, 3.05) is 0 Å². The van der Waals surface area contributed by atoms with Gasteiger partial charge in [0.25, 0.3) is 10.4 Å². The number of hydrogen-bond acceptors (Lipinski definition) is 9. The van der Waals surface area contributed by atoms with Crippen LogP contribution in [0.4, 0.5) is 26.3 Å². The van der Waals surface area contributed by atoms with Crippen LogP contribution >= 0.6 is 38.6 Å². The molecule has 0 unspecified atom stereocenters. The van der Waals surface area contributed by atoms with Crippen molar-refractivity contribution in [1.29, 1.82) is 0 Å². The van der Waals surface area contributed by atoms with Gasteiger partial charge in [-0.25, -0.2) is 9.97 Å². The summed E-state index contributed by atoms with van der Waals surface area (Å²) in [7, 11) is 0. The maximum absolute atomic E-state index is 12.1. The van der Waals surface area contributed by atoms with Crippen LogP contribution in [0.5, 0.6) is 33.4 Å². The molecule has 246 valence electrons. The van der Waals surface area contributed by atoms with E-state index in [1.54, 1.807) is 18.2 Å². The SMILES string of the molecule is CC.FC(F)(F)Oc1ccc(Oc2nc3ccc(Br)cc3s2)cc1.O=Cc1ccc2nc(Oc3ccc(OC(F)(F)F)cc3)sc2c1. The van der Waals surface area contributed by atoms with Crippen LogP contribution in [-0.2, 0) is 0 Å². The molecule has 0 bridgehead atoms. The second-order valence-electron chi connectivity index (χ2n) is 8.66. The molecule has 7 nitrogen and oxygen atoms in total. The van der Waals surface area contributed by atoms with Crippen LogP contribution in [0, 0.1) is 0 Å². The molecule has 6 aromatic rings. The molecule has 0 aliphatic carbocycles. The van der Waals surface area contributed by atoms with Crippen molar-refractivity contribution in [2.45, 2.75) is 26.6 Å². The number of fused-ring (bicyclic) bond motifs is 2. The largest absolute Gasteiger partial charge is 0.573 e. The molecule has 0 radical (unpaired) electrons. The second-order valence-corrected chi connectivity index (χ2v) is 11.6. The standard InChI is InChI=1S/C15H8F3NO3S.C14H7BrF3NO2S.C2H6/c16-15(17,18)22-11-4-2-10(3-5-11)21-14-19-12-6-1-9(8-20)7-13(12)23-14;15-8-1-6-11-12(7-8)22-13(19-11)20-9-2-4-10(5-3-9)21-14(16,17)18;1-2/h1-8H;1-7H;1-2H3. The Morgan fingerprint density at radius 2 is 1.02 bits per heavy atom. The number of nitrogens with zero attached hydrogens (tertiary/aromatic N) is 2. The first-order valence-corrected chi connectivity index (χ1v) is 15.7. The van der Waals surface area contributed by atoms with Crippen molar-refractivity contribution in [3.63, 3.8) is 0 Å². The van der Waals surface area contributed by atoms with Gasteiger partial charge in [0.05, 0.1) is 20.4 Å². The third-order valence-corrected chi connectivity index (χ3v) is 7.67. The van der Waals surface area contributed by atoms with Crippen LogP contribution in [0.2, 0.25) is 0 Å². The van der Waals surface area contributed by atoms with Crippen molar-refractivity contribution in [3.05, 3.63) is 95.0 Å². The first kappa shape index (κ1) is 35.4. The normalized spacial score (nSPS) is 11.2. The monoisotopic (exact) mass is 758 g/mol. The van der Waals surface area contributed by atoms with Gasteiger partial charge in [-0.05, 0) is 84.9 Å². The van der Waals surface area contributed by atoms with E-state index >= 15 is 0 Å². The maximum Gasteiger partial charge on any atom is 0.573 e. The zero-order valence-electron chi connectivity index (χ0n) is 24.1. The summed E-state index contributed by atoms with van der Waals surface area (Å²) in [4.78, 5) is 19.3. The molecule has 0 aliphatic heterocycles. The average Bonchev–Trinajstić information content (AvgIpc) is 3.61. The quantitative estimate of drug-likeness (QED) is 0.118. The highest BCUT2D eigenvalue weighted by Crippen LogP contribution is 2.35. The van der Waals surface area contributed by atoms with E-state index in [1.807, 2.05) is 32.0 Å². The van der Waals surface area contributed by atoms with E-state index in [0.29, 0.717) is 33.0 Å². The van der Waals surface area contributed by atoms with Gasteiger partial charge in [0.15, 0.2) is 0 Å². The van der Waals surface area contributed by atoms with Gasteiger partial charge in [-0.1, -0.05) is 52.5 Å². The number of benzene rings is 4. The number of rotatable bonds is 7. The maximum atomic E-state index is 12.1. The molecule has 2 aromatic heterocycles. The average molecular weight is 760 g/mol. The van der Waals surface area contributed by atoms with Gasteiger partial charge in [0.1, 0.15) is 29.3 Å². The van der Waals surface area contributed by atoms with E-state index in [-0.39, 0.29) is 11.5 Å². The summed E-state index contributed by atoms with van der Waals surface area (Å²) in [6.07, 6.45) is -8.70. The van der Waals surface area contributed by atoms with Crippen LogP contribution in [-0.4, -0.2) is 29.0 Å². The van der Waals surface area contributed by atoms with E-state index in [1.165, 1.54) is 59.1 Å². The Kier molecular flexibility index (Phi) is 11.7. The molecular formula is C31H21BrF6N2O5S2. The van der Waals surface area contributed by atoms with E-state index in [2.05, 4.69) is 35.4 Å². The van der Waals surface area contributed by atoms with Crippen LogP contribution in [0.3, 0.4) is 0 Å². The lowest BCUT2D eigenvalue weighted by molar-refractivity contribution is -0.275. The number of carbonyl (C=O) groups excluding carboxylic acids is 1. The lowest BCUT2D eigenvalue weighted by Crippen LogP contribution is -2.16. The highest BCUT2D eigenvalue weighted by molar-refractivity contribution is 9.10. The minimum absolute atomic E-state index is 0.298. The Hall–Kier alpha value is -4.41. The van der Waals surface area contributed by atoms with Crippen molar-refractivity contribution < 1.29 is 50.1 Å². The van der Waals surface area contributed by atoms with Crippen LogP contribution in [0.25, 0.3) is 20.4 Å². The number of ether oxygens (including phenoxy) is 4. The molecule has 0 saturated heterocycles. The van der Waals surface area contributed by atoms with E-state index < -0.39 is 12.7 Å². The van der Waals surface area contributed by atoms with Crippen molar-refractivity contribution in [1.82, 2.24) is 9.97 Å². The molecule has 4 aromatic carbocycles. The highest BCUT2D eigenvalue weighted by atomic mass is 79.9. The lowest BCUT2D eigenvalue weighted by atomic mass is 10.2. The summed E-state index contributed by atoms with van der Waals surface area (Å²) in [5.74, 6) is 0.0830. The lowest BCUT2D eigenvalue weighted by Gasteiger charge is -2.09. The zero-order valence-corrected chi connectivity index (χ0v) is 27.3. The summed E-state index contributed by atoms with van der Waals surface area (Å²) in [5, 5.41) is 0.741. The second kappa shape index (κ2) is 15.5. The molecule has 47 heavy (non-hydrogen) atoms. The van der Waals surface area contributed by atoms with Crippen molar-refractivity contribution >= 4 is 65.3 Å². The smallest absolute Gasteiger partial charge is 0.431 e. The van der Waals surface area contributed by atoms with Crippen LogP contribution in [0.15, 0.2) is 89.4 Å². The molecule has 0 atom stereocenters. The van der Waals surface area contributed by atoms with E-state index in [4.69, 9.17) is 9.47 Å². The van der Waals surface area contributed by atoms with Crippen LogP contribution < -0.4 is 18.9 Å². The molecular weight excluding hydrogens is 738 g/mol. The molecule has 0 fully saturated rings. The number of halogens is 7. The summed E-state index contributed by atoms with van der Waals surface area (Å²) < 4.78 is 93.7. The predicted octanol–water partition coefficient (Wildman–Crippen LogP) is 11.6.